The van der Waals surface area contributed by atoms with Crippen molar-refractivity contribution in [2.24, 2.45) is 0 Å². The van der Waals surface area contributed by atoms with E-state index in [1.54, 1.807) is 18.3 Å². The second-order valence-corrected chi connectivity index (χ2v) is 9.08. The number of nitrogens with zero attached hydrogens (tertiary/aromatic N) is 3. The molecule has 5 rings (SSSR count). The monoisotopic (exact) mass is 470 g/mol. The molecule has 2 N–H and O–H groups in total. The molecule has 0 unspecified atom stereocenters. The van der Waals surface area contributed by atoms with Crippen LogP contribution in [-0.4, -0.2) is 25.8 Å². The standard InChI is InChI=1S/C27H20F2N4O2/c1-27(2,9-10-30)25-24(19-8-3-15(26(34)35)11-21(19)29)20-13-22-16(14-31-32-22)12-23(20)33(25)18-6-4-17(28)5-7-18/h3-8,11-14H,9H2,1-2H3,(H,31,32)(H,34,35). The number of hydrogen-bond acceptors (Lipinski definition) is 3. The Labute approximate surface area is 199 Å². The normalized spacial score (nSPS) is 11.7. The summed E-state index contributed by atoms with van der Waals surface area (Å²) in [4.78, 5) is 11.4. The highest BCUT2D eigenvalue weighted by Crippen LogP contribution is 2.45. The number of carbonyl (C=O) groups is 1. The smallest absolute Gasteiger partial charge is 0.335 e. The number of aromatic nitrogens is 3. The third kappa shape index (κ3) is 3.62. The number of fused-ring (bicyclic) bond motifs is 2. The van der Waals surface area contributed by atoms with Gasteiger partial charge in [0.25, 0.3) is 0 Å². The number of nitrogens with one attached hydrogen (secondary N) is 1. The number of hydrogen-bond donors (Lipinski definition) is 2. The minimum Gasteiger partial charge on any atom is -0.478 e. The Morgan fingerprint density at radius 2 is 1.89 bits per heavy atom. The van der Waals surface area contributed by atoms with Gasteiger partial charge < -0.3 is 9.67 Å². The van der Waals surface area contributed by atoms with Crippen molar-refractivity contribution in [3.63, 3.8) is 0 Å². The van der Waals surface area contributed by atoms with Crippen molar-refractivity contribution in [3.05, 3.63) is 83.7 Å². The number of aromatic carboxylic acids is 1. The van der Waals surface area contributed by atoms with E-state index >= 15 is 4.39 Å². The summed E-state index contributed by atoms with van der Waals surface area (Å²) in [6, 6.07) is 15.8. The van der Waals surface area contributed by atoms with Crippen LogP contribution in [0.4, 0.5) is 8.78 Å². The molecule has 2 aromatic heterocycles. The minimum absolute atomic E-state index is 0.131. The minimum atomic E-state index is -1.23. The van der Waals surface area contributed by atoms with Crippen molar-refractivity contribution in [2.75, 3.05) is 0 Å². The zero-order valence-corrected chi connectivity index (χ0v) is 18.9. The number of carboxylic acids is 1. The van der Waals surface area contributed by atoms with Crippen LogP contribution in [-0.2, 0) is 5.41 Å². The van der Waals surface area contributed by atoms with Gasteiger partial charge in [0.1, 0.15) is 11.6 Å². The fraction of sp³-hybridized carbons (Fsp3) is 0.148. The van der Waals surface area contributed by atoms with E-state index in [9.17, 15) is 19.6 Å². The fourth-order valence-electron chi connectivity index (χ4n) is 4.63. The third-order valence-electron chi connectivity index (χ3n) is 6.26. The number of H-pyrrole nitrogens is 1. The molecule has 0 aliphatic carbocycles. The molecule has 0 fully saturated rings. The molecule has 0 radical (unpaired) electrons. The third-order valence-corrected chi connectivity index (χ3v) is 6.26. The maximum Gasteiger partial charge on any atom is 0.335 e. The van der Waals surface area contributed by atoms with E-state index in [2.05, 4.69) is 16.3 Å². The predicted molar refractivity (Wildman–Crippen MR) is 128 cm³/mol. The number of rotatable bonds is 5. The van der Waals surface area contributed by atoms with Crippen molar-refractivity contribution in [1.29, 1.82) is 5.26 Å². The van der Waals surface area contributed by atoms with Gasteiger partial charge in [0.2, 0.25) is 0 Å². The van der Waals surface area contributed by atoms with Crippen molar-refractivity contribution < 1.29 is 18.7 Å². The molecule has 3 aromatic carbocycles. The van der Waals surface area contributed by atoms with Gasteiger partial charge in [0, 0.05) is 45.1 Å². The molecule has 0 saturated carbocycles. The lowest BCUT2D eigenvalue weighted by atomic mass is 9.81. The molecule has 0 spiro atoms. The lowest BCUT2D eigenvalue weighted by Crippen LogP contribution is -2.22. The first-order chi connectivity index (χ1) is 16.7. The Kier molecular flexibility index (Phi) is 5.13. The van der Waals surface area contributed by atoms with E-state index in [1.165, 1.54) is 24.3 Å². The summed E-state index contributed by atoms with van der Waals surface area (Å²) >= 11 is 0. The van der Waals surface area contributed by atoms with Crippen LogP contribution in [0, 0.1) is 23.0 Å². The highest BCUT2D eigenvalue weighted by atomic mass is 19.1. The van der Waals surface area contributed by atoms with E-state index < -0.39 is 23.0 Å². The first kappa shape index (κ1) is 22.3. The second kappa shape index (κ2) is 8.06. The van der Waals surface area contributed by atoms with E-state index in [-0.39, 0.29) is 17.5 Å². The van der Waals surface area contributed by atoms with Gasteiger partial charge in [-0.3, -0.25) is 5.10 Å². The van der Waals surface area contributed by atoms with Crippen molar-refractivity contribution >= 4 is 27.8 Å². The van der Waals surface area contributed by atoms with Gasteiger partial charge in [-0.25, -0.2) is 13.6 Å². The van der Waals surface area contributed by atoms with Gasteiger partial charge in [-0.1, -0.05) is 19.9 Å². The van der Waals surface area contributed by atoms with Crippen LogP contribution >= 0.6 is 0 Å². The van der Waals surface area contributed by atoms with Crippen LogP contribution in [0.3, 0.4) is 0 Å². The summed E-state index contributed by atoms with van der Waals surface area (Å²) in [6.07, 6.45) is 1.81. The number of benzene rings is 3. The molecule has 174 valence electrons. The Morgan fingerprint density at radius 1 is 1.14 bits per heavy atom. The molecule has 2 heterocycles. The predicted octanol–water partition coefficient (Wildman–Crippen LogP) is 6.34. The molecule has 0 bridgehead atoms. The van der Waals surface area contributed by atoms with E-state index in [0.29, 0.717) is 22.3 Å². The Bertz CT molecular complexity index is 1660. The van der Waals surface area contributed by atoms with Crippen LogP contribution in [0.1, 0.15) is 36.3 Å². The first-order valence-electron chi connectivity index (χ1n) is 10.9. The quantitative estimate of drug-likeness (QED) is 0.313. The van der Waals surface area contributed by atoms with Crippen molar-refractivity contribution in [1.82, 2.24) is 14.8 Å². The average molecular weight is 470 g/mol. The molecular formula is C27H20F2N4O2. The molecule has 0 atom stereocenters. The molecule has 35 heavy (non-hydrogen) atoms. The second-order valence-electron chi connectivity index (χ2n) is 9.08. The molecule has 0 aliphatic heterocycles. The summed E-state index contributed by atoms with van der Waals surface area (Å²) in [5.74, 6) is -2.31. The lowest BCUT2D eigenvalue weighted by molar-refractivity contribution is 0.0696. The highest BCUT2D eigenvalue weighted by Gasteiger charge is 2.33. The van der Waals surface area contributed by atoms with Gasteiger partial charge >= 0.3 is 5.97 Å². The zero-order chi connectivity index (χ0) is 24.9. The molecule has 0 saturated heterocycles. The van der Waals surface area contributed by atoms with E-state index in [1.807, 2.05) is 30.5 Å². The van der Waals surface area contributed by atoms with Crippen LogP contribution in [0.5, 0.6) is 0 Å². The largest absolute Gasteiger partial charge is 0.478 e. The van der Waals surface area contributed by atoms with Gasteiger partial charge in [-0.05, 0) is 48.5 Å². The number of aromatic amines is 1. The first-order valence-corrected chi connectivity index (χ1v) is 10.9. The molecular weight excluding hydrogens is 450 g/mol. The van der Waals surface area contributed by atoms with Gasteiger partial charge in [-0.15, -0.1) is 0 Å². The van der Waals surface area contributed by atoms with Gasteiger partial charge in [0.15, 0.2) is 0 Å². The maximum atomic E-state index is 15.5. The molecule has 8 heteroatoms. The molecule has 0 aliphatic rings. The number of nitriles is 1. The Hall–Kier alpha value is -4.51. The van der Waals surface area contributed by atoms with Crippen LogP contribution in [0.2, 0.25) is 0 Å². The Morgan fingerprint density at radius 3 is 2.54 bits per heavy atom. The van der Waals surface area contributed by atoms with Crippen molar-refractivity contribution in [2.45, 2.75) is 25.7 Å². The summed E-state index contributed by atoms with van der Waals surface area (Å²) < 4.78 is 31.2. The van der Waals surface area contributed by atoms with Crippen LogP contribution in [0.15, 0.2) is 60.8 Å². The molecule has 6 nitrogen and oxygen atoms in total. The SMILES string of the molecule is CC(C)(CC#N)c1c(-c2ccc(C(=O)O)cc2F)c2cc3[nH]ncc3cc2n1-c1ccc(F)cc1. The fourth-order valence-corrected chi connectivity index (χ4v) is 4.63. The number of halogens is 2. The Balaban J connectivity index is 1.98. The summed E-state index contributed by atoms with van der Waals surface area (Å²) in [5.41, 5.74) is 2.60. The summed E-state index contributed by atoms with van der Waals surface area (Å²) in [7, 11) is 0. The summed E-state index contributed by atoms with van der Waals surface area (Å²) in [6.45, 7) is 3.79. The highest BCUT2D eigenvalue weighted by molar-refractivity contribution is 6.06. The van der Waals surface area contributed by atoms with Crippen molar-refractivity contribution in [3.8, 4) is 22.9 Å². The van der Waals surface area contributed by atoms with E-state index in [4.69, 9.17) is 0 Å². The van der Waals surface area contributed by atoms with Crippen LogP contribution < -0.4 is 0 Å². The van der Waals surface area contributed by atoms with Gasteiger partial charge in [0.05, 0.1) is 28.9 Å². The van der Waals surface area contributed by atoms with E-state index in [0.717, 1.165) is 22.5 Å². The molecule has 5 aromatic rings. The molecule has 0 amide bonds. The zero-order valence-electron chi connectivity index (χ0n) is 18.9. The van der Waals surface area contributed by atoms with Crippen LogP contribution in [0.25, 0.3) is 38.6 Å². The average Bonchev–Trinajstić information content (AvgIpc) is 3.40. The lowest BCUT2D eigenvalue weighted by Gasteiger charge is -2.26. The van der Waals surface area contributed by atoms with Gasteiger partial charge in [-0.2, -0.15) is 10.4 Å². The topological polar surface area (TPSA) is 94.7 Å². The summed E-state index contributed by atoms with van der Waals surface area (Å²) in [5, 5.41) is 27.5. The maximum absolute atomic E-state index is 15.5. The number of carboxylic acid groups (broad SMARTS) is 1.